The predicted molar refractivity (Wildman–Crippen MR) is 101 cm³/mol. The third-order valence-corrected chi connectivity index (χ3v) is 5.02. The van der Waals surface area contributed by atoms with Crippen LogP contribution < -0.4 is 9.80 Å². The third-order valence-electron chi connectivity index (χ3n) is 5.02. The largest absolute Gasteiger partial charge is 0.370 e. The van der Waals surface area contributed by atoms with Gasteiger partial charge in [0.05, 0.1) is 25.5 Å². The minimum atomic E-state index is 0.909. The summed E-state index contributed by atoms with van der Waals surface area (Å²) in [5.74, 6) is 0. The number of morpholine rings is 1. The molecule has 1 aliphatic rings. The Morgan fingerprint density at radius 1 is 1.12 bits per heavy atom. The lowest BCUT2D eigenvalue weighted by Gasteiger charge is -2.26. The van der Waals surface area contributed by atoms with Crippen molar-refractivity contribution in [2.75, 3.05) is 45.9 Å². The minimum Gasteiger partial charge on any atom is -0.370 e. The number of benzene rings is 1. The maximum absolute atomic E-state index is 5.46. The molecule has 1 aromatic heterocycles. The van der Waals surface area contributed by atoms with Crippen molar-refractivity contribution in [1.29, 1.82) is 0 Å². The number of hydrogen-bond donors (Lipinski definition) is 2. The Kier molecular flexibility index (Phi) is 6.86. The van der Waals surface area contributed by atoms with Crippen LogP contribution in [-0.2, 0) is 17.8 Å². The van der Waals surface area contributed by atoms with Crippen LogP contribution >= 0.6 is 0 Å². The fourth-order valence-electron chi connectivity index (χ4n) is 3.53. The fourth-order valence-corrected chi connectivity index (χ4v) is 3.53. The Morgan fingerprint density at radius 3 is 2.68 bits per heavy atom. The fraction of sp³-hybridized carbons (Fsp3) is 0.429. The zero-order chi connectivity index (χ0) is 17.3. The van der Waals surface area contributed by atoms with Gasteiger partial charge in [-0.25, -0.2) is 0 Å². The van der Waals surface area contributed by atoms with Gasteiger partial charge in [-0.1, -0.05) is 36.9 Å². The van der Waals surface area contributed by atoms with Gasteiger partial charge in [0.25, 0.3) is 0 Å². The molecule has 0 bridgehead atoms. The lowest BCUT2D eigenvalue weighted by molar-refractivity contribution is -0.965. The molecule has 3 rings (SSSR count). The van der Waals surface area contributed by atoms with Gasteiger partial charge in [-0.05, 0) is 23.8 Å². The van der Waals surface area contributed by atoms with Gasteiger partial charge >= 0.3 is 0 Å². The van der Waals surface area contributed by atoms with Gasteiger partial charge in [-0.15, -0.1) is 0 Å². The molecule has 25 heavy (non-hydrogen) atoms. The summed E-state index contributed by atoms with van der Waals surface area (Å²) in [4.78, 5) is 3.26. The van der Waals surface area contributed by atoms with Crippen LogP contribution in [0.1, 0.15) is 11.3 Å². The van der Waals surface area contributed by atoms with E-state index in [1.54, 1.807) is 9.80 Å². The van der Waals surface area contributed by atoms with E-state index >= 15 is 0 Å². The molecule has 4 nitrogen and oxygen atoms in total. The monoisotopic (exact) mass is 341 g/mol. The quantitative estimate of drug-likeness (QED) is 0.617. The summed E-state index contributed by atoms with van der Waals surface area (Å²) in [5.41, 5.74) is 2.75. The number of hydrogen-bond acceptors (Lipinski definition) is 1. The molecule has 0 saturated carbocycles. The standard InChI is InChI=1S/C21H29N3O/c1-2-10-23(13-12-22-14-16-25-17-15-22)19-21-9-6-11-24(21)18-20-7-4-3-5-8-20/h2-9,11H,1,10,12-19H2/p+2. The van der Waals surface area contributed by atoms with Gasteiger partial charge in [0.15, 0.2) is 0 Å². The summed E-state index contributed by atoms with van der Waals surface area (Å²) in [6.07, 6.45) is 4.25. The van der Waals surface area contributed by atoms with E-state index in [1.165, 1.54) is 24.3 Å². The van der Waals surface area contributed by atoms with Crippen molar-refractivity contribution >= 4 is 0 Å². The average molecular weight is 341 g/mol. The topological polar surface area (TPSA) is 23.0 Å². The molecular formula is C21H31N3O+2. The molecular weight excluding hydrogens is 310 g/mol. The zero-order valence-corrected chi connectivity index (χ0v) is 15.1. The van der Waals surface area contributed by atoms with Crippen LogP contribution in [0.4, 0.5) is 0 Å². The molecule has 2 heterocycles. The summed E-state index contributed by atoms with van der Waals surface area (Å²) in [5, 5.41) is 0. The van der Waals surface area contributed by atoms with E-state index in [4.69, 9.17) is 4.74 Å². The van der Waals surface area contributed by atoms with Gasteiger partial charge in [0, 0.05) is 12.7 Å². The summed E-state index contributed by atoms with van der Waals surface area (Å²) < 4.78 is 7.84. The molecule has 134 valence electrons. The highest BCUT2D eigenvalue weighted by Crippen LogP contribution is 2.07. The maximum atomic E-state index is 5.46. The molecule has 1 atom stereocenters. The summed E-state index contributed by atoms with van der Waals surface area (Å²) in [6.45, 7) is 13.5. The summed E-state index contributed by atoms with van der Waals surface area (Å²) in [7, 11) is 0. The van der Waals surface area contributed by atoms with Gasteiger partial charge in [0.1, 0.15) is 32.7 Å². The third kappa shape index (κ3) is 5.56. The van der Waals surface area contributed by atoms with Crippen molar-refractivity contribution < 1.29 is 14.5 Å². The van der Waals surface area contributed by atoms with Crippen LogP contribution in [-0.4, -0.2) is 50.5 Å². The van der Waals surface area contributed by atoms with Gasteiger partial charge < -0.3 is 19.1 Å². The Balaban J connectivity index is 1.58. The first-order chi connectivity index (χ1) is 12.3. The van der Waals surface area contributed by atoms with E-state index < -0.39 is 0 Å². The van der Waals surface area contributed by atoms with Crippen LogP contribution in [0.5, 0.6) is 0 Å². The second-order valence-electron chi connectivity index (χ2n) is 6.89. The molecule has 0 spiro atoms. The molecule has 1 unspecified atom stereocenters. The van der Waals surface area contributed by atoms with Crippen molar-refractivity contribution in [3.8, 4) is 0 Å². The zero-order valence-electron chi connectivity index (χ0n) is 15.1. The van der Waals surface area contributed by atoms with Crippen LogP contribution in [0.2, 0.25) is 0 Å². The van der Waals surface area contributed by atoms with E-state index in [-0.39, 0.29) is 0 Å². The highest BCUT2D eigenvalue weighted by molar-refractivity contribution is 5.17. The van der Waals surface area contributed by atoms with Crippen molar-refractivity contribution in [2.45, 2.75) is 13.1 Å². The lowest BCUT2D eigenvalue weighted by Crippen LogP contribution is -3.20. The van der Waals surface area contributed by atoms with Crippen LogP contribution in [0, 0.1) is 0 Å². The highest BCUT2D eigenvalue weighted by atomic mass is 16.5. The molecule has 0 aliphatic carbocycles. The Labute approximate surface area is 151 Å². The molecule has 0 amide bonds. The van der Waals surface area contributed by atoms with Crippen molar-refractivity contribution in [2.24, 2.45) is 0 Å². The molecule has 4 heteroatoms. The van der Waals surface area contributed by atoms with E-state index in [9.17, 15) is 0 Å². The molecule has 1 aliphatic heterocycles. The Hall–Kier alpha value is -1.88. The normalized spacial score (nSPS) is 16.6. The van der Waals surface area contributed by atoms with Crippen molar-refractivity contribution in [1.82, 2.24) is 4.57 Å². The Bertz CT molecular complexity index is 632. The number of ether oxygens (including phenoxy) is 1. The minimum absolute atomic E-state index is 0.909. The van der Waals surface area contributed by atoms with E-state index in [0.29, 0.717) is 0 Å². The number of rotatable bonds is 9. The smallest absolute Gasteiger partial charge is 0.127 e. The lowest BCUT2D eigenvalue weighted by atomic mass is 10.2. The molecule has 2 N–H and O–H groups in total. The van der Waals surface area contributed by atoms with E-state index in [1.807, 2.05) is 0 Å². The first kappa shape index (κ1) is 17.9. The second kappa shape index (κ2) is 9.56. The van der Waals surface area contributed by atoms with Crippen molar-refractivity contribution in [3.63, 3.8) is 0 Å². The summed E-state index contributed by atoms with van der Waals surface area (Å²) >= 11 is 0. The number of nitrogens with zero attached hydrogens (tertiary/aromatic N) is 1. The highest BCUT2D eigenvalue weighted by Gasteiger charge is 2.18. The second-order valence-corrected chi connectivity index (χ2v) is 6.89. The SMILES string of the molecule is C=CC[NH+](CC[NH+]1CCOCC1)Cc1cccn1Cc1ccccc1. The first-order valence-electron chi connectivity index (χ1n) is 9.39. The molecule has 1 aromatic carbocycles. The molecule has 0 radical (unpaired) electrons. The van der Waals surface area contributed by atoms with Gasteiger partial charge in [0.2, 0.25) is 0 Å². The first-order valence-corrected chi connectivity index (χ1v) is 9.39. The molecule has 1 fully saturated rings. The average Bonchev–Trinajstić information content (AvgIpc) is 3.08. The van der Waals surface area contributed by atoms with Crippen molar-refractivity contribution in [3.05, 3.63) is 72.6 Å². The molecule has 2 aromatic rings. The van der Waals surface area contributed by atoms with Gasteiger partial charge in [-0.2, -0.15) is 0 Å². The van der Waals surface area contributed by atoms with E-state index in [0.717, 1.165) is 45.9 Å². The Morgan fingerprint density at radius 2 is 1.92 bits per heavy atom. The maximum Gasteiger partial charge on any atom is 0.127 e. The number of aromatic nitrogens is 1. The molecule has 1 saturated heterocycles. The summed E-state index contributed by atoms with van der Waals surface area (Å²) in [6, 6.07) is 15.1. The van der Waals surface area contributed by atoms with E-state index in [2.05, 4.69) is 65.9 Å². The van der Waals surface area contributed by atoms with Gasteiger partial charge in [-0.3, -0.25) is 0 Å². The number of quaternary nitrogens is 2. The predicted octanol–water partition coefficient (Wildman–Crippen LogP) is 0.0224. The van der Waals surface area contributed by atoms with Crippen LogP contribution in [0.3, 0.4) is 0 Å². The van der Waals surface area contributed by atoms with Crippen LogP contribution in [0.15, 0.2) is 61.3 Å². The number of nitrogens with one attached hydrogen (secondary N) is 2. The van der Waals surface area contributed by atoms with Crippen LogP contribution in [0.25, 0.3) is 0 Å².